The molecule has 4 aromatic carbocycles. The van der Waals surface area contributed by atoms with Gasteiger partial charge in [-0.3, -0.25) is 0 Å². The molecule has 0 aromatic heterocycles. The monoisotopic (exact) mass is 510 g/mol. The first-order valence-corrected chi connectivity index (χ1v) is 15.5. The Bertz CT molecular complexity index is 1420. The summed E-state index contributed by atoms with van der Waals surface area (Å²) in [5.74, 6) is 0. The molecule has 0 spiro atoms. The number of aryl methyl sites for hydroxylation is 8. The number of hydrogen-bond donors (Lipinski definition) is 0. The first-order valence-electron chi connectivity index (χ1n) is 15.5. The van der Waals surface area contributed by atoms with E-state index in [-0.39, 0.29) is 5.41 Å². The van der Waals surface area contributed by atoms with Crippen molar-refractivity contribution in [1.82, 2.24) is 0 Å². The maximum Gasteiger partial charge on any atom is 0.0215 e. The number of hydrogen-bond acceptors (Lipinski definition) is 0. The lowest BCUT2D eigenvalue weighted by molar-refractivity contribution is 0.407. The lowest BCUT2D eigenvalue weighted by Crippen LogP contribution is -2.26. The van der Waals surface area contributed by atoms with Gasteiger partial charge in [-0.25, -0.2) is 0 Å². The Labute approximate surface area is 235 Å². The van der Waals surface area contributed by atoms with Crippen LogP contribution in [0.5, 0.6) is 0 Å². The summed E-state index contributed by atoms with van der Waals surface area (Å²) >= 11 is 0. The van der Waals surface area contributed by atoms with Crippen molar-refractivity contribution in [2.45, 2.75) is 96.3 Å². The second-order valence-corrected chi connectivity index (χ2v) is 12.8. The molecule has 0 bridgehead atoms. The molecule has 0 heterocycles. The van der Waals surface area contributed by atoms with Crippen LogP contribution in [-0.2, 0) is 43.9 Å². The summed E-state index contributed by atoms with van der Waals surface area (Å²) in [7, 11) is 0. The molecule has 0 aliphatic heterocycles. The van der Waals surface area contributed by atoms with Crippen LogP contribution in [0.3, 0.4) is 0 Å². The van der Waals surface area contributed by atoms with Gasteiger partial charge in [0.15, 0.2) is 0 Å². The van der Waals surface area contributed by atoms with Gasteiger partial charge in [0.25, 0.3) is 0 Å². The molecule has 0 N–H and O–H groups in total. The Balaban J connectivity index is 1.12. The van der Waals surface area contributed by atoms with Crippen molar-refractivity contribution in [2.75, 3.05) is 0 Å². The van der Waals surface area contributed by atoms with E-state index >= 15 is 0 Å². The average molecular weight is 511 g/mol. The van der Waals surface area contributed by atoms with Gasteiger partial charge >= 0.3 is 0 Å². The minimum Gasteiger partial charge on any atom is -0.0588 e. The summed E-state index contributed by atoms with van der Waals surface area (Å²) in [5.41, 5.74) is 18.5. The standard InChI is InChI=1S/C39H42/c1-27-9-19-35-36-20-10-28(2)24-38(36)39(37(35)23-27,21-5-3-7-29-11-13-31-15-17-33(31)25-29)22-6-4-8-30-12-14-32-16-18-34(32)26-30/h9-14,19-20,23-26H,3-8,15-18,21-22H2,1-2H3. The maximum atomic E-state index is 2.53. The van der Waals surface area contributed by atoms with Gasteiger partial charge in [-0.15, -0.1) is 0 Å². The molecular formula is C39H42. The molecule has 3 aliphatic carbocycles. The molecule has 0 saturated carbocycles. The molecule has 0 radical (unpaired) electrons. The molecule has 39 heavy (non-hydrogen) atoms. The SMILES string of the molecule is Cc1ccc2c(c1)C(CCCCc1ccc3c(c1)CC3)(CCCCc1ccc3c(c1)CC3)c1cc(C)ccc1-2. The van der Waals surface area contributed by atoms with Crippen molar-refractivity contribution >= 4 is 0 Å². The summed E-state index contributed by atoms with van der Waals surface area (Å²) in [5, 5.41) is 0. The highest BCUT2D eigenvalue weighted by Gasteiger charge is 2.42. The fraction of sp³-hybridized carbons (Fsp3) is 0.385. The van der Waals surface area contributed by atoms with Crippen molar-refractivity contribution in [2.24, 2.45) is 0 Å². The molecular weight excluding hydrogens is 468 g/mol. The lowest BCUT2D eigenvalue weighted by atomic mass is 9.70. The zero-order valence-electron chi connectivity index (χ0n) is 23.9. The predicted octanol–water partition coefficient (Wildman–Crippen LogP) is 9.59. The number of benzene rings is 4. The minimum atomic E-state index is 0.142. The van der Waals surface area contributed by atoms with Crippen LogP contribution < -0.4 is 0 Å². The van der Waals surface area contributed by atoms with Crippen molar-refractivity contribution < 1.29 is 0 Å². The van der Waals surface area contributed by atoms with Gasteiger partial charge in [0.2, 0.25) is 0 Å². The topological polar surface area (TPSA) is 0 Å². The van der Waals surface area contributed by atoms with Crippen molar-refractivity contribution in [3.8, 4) is 11.1 Å². The van der Waals surface area contributed by atoms with Gasteiger partial charge in [0.1, 0.15) is 0 Å². The van der Waals surface area contributed by atoms with E-state index in [4.69, 9.17) is 0 Å². The summed E-state index contributed by atoms with van der Waals surface area (Å²) in [6, 6.07) is 29.0. The number of fused-ring (bicyclic) bond motifs is 5. The van der Waals surface area contributed by atoms with Crippen molar-refractivity contribution in [3.05, 3.63) is 128 Å². The molecule has 4 aromatic rings. The molecule has 0 atom stereocenters. The van der Waals surface area contributed by atoms with Crippen LogP contribution in [0.25, 0.3) is 11.1 Å². The molecule has 0 saturated heterocycles. The van der Waals surface area contributed by atoms with E-state index in [9.17, 15) is 0 Å². The predicted molar refractivity (Wildman–Crippen MR) is 165 cm³/mol. The zero-order chi connectivity index (χ0) is 26.4. The third-order valence-electron chi connectivity index (χ3n) is 10.2. The van der Waals surface area contributed by atoms with Gasteiger partial charge in [0, 0.05) is 5.41 Å². The third-order valence-corrected chi connectivity index (χ3v) is 10.2. The van der Waals surface area contributed by atoms with Crippen LogP contribution in [-0.4, -0.2) is 0 Å². The van der Waals surface area contributed by atoms with Gasteiger partial charge in [-0.1, -0.05) is 96.8 Å². The summed E-state index contributed by atoms with van der Waals surface area (Å²) in [4.78, 5) is 0. The van der Waals surface area contributed by atoms with E-state index < -0.39 is 0 Å². The van der Waals surface area contributed by atoms with Crippen molar-refractivity contribution in [1.29, 1.82) is 0 Å². The van der Waals surface area contributed by atoms with Crippen LogP contribution in [0.4, 0.5) is 0 Å². The van der Waals surface area contributed by atoms with E-state index in [1.807, 2.05) is 0 Å². The number of rotatable bonds is 10. The summed E-state index contributed by atoms with van der Waals surface area (Å²) in [6.45, 7) is 4.55. The van der Waals surface area contributed by atoms with Crippen molar-refractivity contribution in [3.63, 3.8) is 0 Å². The second kappa shape index (κ2) is 10.1. The highest BCUT2D eigenvalue weighted by atomic mass is 14.4. The van der Waals surface area contributed by atoms with E-state index in [0.717, 1.165) is 0 Å². The number of unbranched alkanes of at least 4 members (excludes halogenated alkanes) is 2. The molecule has 0 heteroatoms. The maximum absolute atomic E-state index is 2.53. The van der Waals surface area contributed by atoms with Gasteiger partial charge in [0.05, 0.1) is 0 Å². The first-order chi connectivity index (χ1) is 19.1. The highest BCUT2D eigenvalue weighted by Crippen LogP contribution is 2.54. The Hall–Kier alpha value is -3.12. The van der Waals surface area contributed by atoms with Crippen LogP contribution in [0, 0.1) is 13.8 Å². The highest BCUT2D eigenvalue weighted by molar-refractivity contribution is 5.81. The molecule has 0 nitrogen and oxygen atoms in total. The molecule has 7 rings (SSSR count). The Morgan fingerprint density at radius 2 is 0.949 bits per heavy atom. The quantitative estimate of drug-likeness (QED) is 0.186. The van der Waals surface area contributed by atoms with Gasteiger partial charge < -0.3 is 0 Å². The van der Waals surface area contributed by atoms with Crippen LogP contribution in [0.1, 0.15) is 94.2 Å². The van der Waals surface area contributed by atoms with Crippen LogP contribution in [0.2, 0.25) is 0 Å². The molecule has 0 unspecified atom stereocenters. The van der Waals surface area contributed by atoms with Gasteiger partial charge in [-0.2, -0.15) is 0 Å². The average Bonchev–Trinajstić information content (AvgIpc) is 3.15. The smallest absolute Gasteiger partial charge is 0.0215 e. The summed E-state index contributed by atoms with van der Waals surface area (Å²) in [6.07, 6.45) is 15.2. The van der Waals surface area contributed by atoms with Crippen LogP contribution in [0.15, 0.2) is 72.8 Å². The zero-order valence-corrected chi connectivity index (χ0v) is 23.9. The Morgan fingerprint density at radius 3 is 1.36 bits per heavy atom. The van der Waals surface area contributed by atoms with Crippen LogP contribution >= 0.6 is 0 Å². The van der Waals surface area contributed by atoms with E-state index in [1.54, 1.807) is 44.5 Å². The second-order valence-electron chi connectivity index (χ2n) is 12.8. The molecule has 198 valence electrons. The van der Waals surface area contributed by atoms with E-state index in [2.05, 4.69) is 86.6 Å². The molecule has 3 aliphatic rings. The Kier molecular flexibility index (Phi) is 6.46. The lowest BCUT2D eigenvalue weighted by Gasteiger charge is -2.33. The third kappa shape index (κ3) is 4.57. The van der Waals surface area contributed by atoms with Gasteiger partial charge in [-0.05, 0) is 134 Å². The minimum absolute atomic E-state index is 0.142. The molecule has 0 fully saturated rings. The fourth-order valence-electron chi connectivity index (χ4n) is 7.71. The summed E-state index contributed by atoms with van der Waals surface area (Å²) < 4.78 is 0. The van der Waals surface area contributed by atoms with E-state index in [0.29, 0.717) is 0 Å². The van der Waals surface area contributed by atoms with E-state index in [1.165, 1.54) is 99.3 Å². The first kappa shape index (κ1) is 24.9. The normalized spacial score (nSPS) is 15.5. The Morgan fingerprint density at radius 1 is 0.487 bits per heavy atom. The largest absolute Gasteiger partial charge is 0.0588 e. The fourth-order valence-corrected chi connectivity index (χ4v) is 7.71. The molecule has 0 amide bonds.